The summed E-state index contributed by atoms with van der Waals surface area (Å²) in [5.74, 6) is -0.356. The van der Waals surface area contributed by atoms with Gasteiger partial charge in [-0.15, -0.1) is 5.10 Å². The van der Waals surface area contributed by atoms with E-state index in [4.69, 9.17) is 10.1 Å². The number of hydrogen-bond donors (Lipinski definition) is 1. The third-order valence-electron chi connectivity index (χ3n) is 6.09. The van der Waals surface area contributed by atoms with Gasteiger partial charge in [-0.05, 0) is 68.8 Å². The summed E-state index contributed by atoms with van der Waals surface area (Å²) in [6.45, 7) is 11.0. The highest BCUT2D eigenvalue weighted by molar-refractivity contribution is 8.26. The largest absolute Gasteiger partial charge is 0.378 e. The third-order valence-corrected chi connectivity index (χ3v) is 7.06. The molecule has 0 spiro atoms. The Hall–Kier alpha value is -3.17. The van der Waals surface area contributed by atoms with E-state index in [1.165, 1.54) is 27.9 Å². The van der Waals surface area contributed by atoms with Gasteiger partial charge in [0.15, 0.2) is 11.0 Å². The van der Waals surface area contributed by atoms with Gasteiger partial charge in [-0.2, -0.15) is 10.0 Å². The van der Waals surface area contributed by atoms with Crippen LogP contribution in [-0.4, -0.2) is 62.9 Å². The van der Waals surface area contributed by atoms with E-state index in [-0.39, 0.29) is 11.4 Å². The number of ether oxygens (including phenoxy) is 1. The van der Waals surface area contributed by atoms with Crippen molar-refractivity contribution in [3.8, 4) is 5.69 Å². The first kappa shape index (κ1) is 21.7. The normalized spacial score (nSPS) is 19.8. The first-order valence-electron chi connectivity index (χ1n) is 10.9. The third kappa shape index (κ3) is 3.81. The van der Waals surface area contributed by atoms with Gasteiger partial charge in [0.05, 0.1) is 18.8 Å². The number of carbonyl (C=O) groups excluding carboxylic acids is 1. The van der Waals surface area contributed by atoms with E-state index in [0.29, 0.717) is 18.4 Å². The molecule has 3 aliphatic rings. The Labute approximate surface area is 197 Å². The van der Waals surface area contributed by atoms with E-state index in [1.807, 2.05) is 13.0 Å². The molecule has 4 heterocycles. The Balaban J connectivity index is 1.49. The lowest BCUT2D eigenvalue weighted by Crippen LogP contribution is -2.39. The predicted octanol–water partition coefficient (Wildman–Crippen LogP) is 3.62. The number of amidine groups is 3. The number of amides is 1. The number of morpholine rings is 1. The number of aromatic nitrogens is 1. The number of carbonyl (C=O) groups is 1. The van der Waals surface area contributed by atoms with Crippen LogP contribution in [0.1, 0.15) is 28.1 Å². The Morgan fingerprint density at radius 1 is 1.09 bits per heavy atom. The average molecular weight is 463 g/mol. The predicted molar refractivity (Wildman–Crippen MR) is 132 cm³/mol. The second-order valence-corrected chi connectivity index (χ2v) is 9.39. The van der Waals surface area contributed by atoms with E-state index in [1.54, 1.807) is 6.08 Å². The van der Waals surface area contributed by atoms with Gasteiger partial charge < -0.3 is 14.2 Å². The minimum absolute atomic E-state index is 0.0529. The van der Waals surface area contributed by atoms with Crippen LogP contribution < -0.4 is 0 Å². The number of aliphatic imine (C=N–C) groups is 1. The summed E-state index contributed by atoms with van der Waals surface area (Å²) in [5.41, 5.74) is 6.73. The molecule has 1 aromatic carbocycles. The monoisotopic (exact) mass is 462 g/mol. The number of thioether (sulfide) groups is 1. The summed E-state index contributed by atoms with van der Waals surface area (Å²) in [6.07, 6.45) is 1.76. The maximum Gasteiger partial charge on any atom is 0.283 e. The molecule has 170 valence electrons. The Morgan fingerprint density at radius 3 is 2.58 bits per heavy atom. The van der Waals surface area contributed by atoms with Crippen molar-refractivity contribution in [2.75, 3.05) is 26.3 Å². The lowest BCUT2D eigenvalue weighted by molar-refractivity contribution is -0.114. The van der Waals surface area contributed by atoms with Crippen molar-refractivity contribution in [1.82, 2.24) is 14.5 Å². The zero-order valence-electron chi connectivity index (χ0n) is 19.2. The lowest BCUT2D eigenvalue weighted by Gasteiger charge is -2.26. The maximum absolute atomic E-state index is 12.9. The molecule has 2 aromatic rings. The quantitative estimate of drug-likeness (QED) is 0.689. The van der Waals surface area contributed by atoms with Gasteiger partial charge in [0.25, 0.3) is 5.91 Å². The molecular formula is C24H26N6O2S. The van der Waals surface area contributed by atoms with Gasteiger partial charge in [-0.1, -0.05) is 17.7 Å². The van der Waals surface area contributed by atoms with Crippen molar-refractivity contribution in [2.24, 2.45) is 10.1 Å². The van der Waals surface area contributed by atoms with E-state index in [9.17, 15) is 4.79 Å². The lowest BCUT2D eigenvalue weighted by atomic mass is 10.1. The van der Waals surface area contributed by atoms with Crippen LogP contribution in [0.5, 0.6) is 0 Å². The summed E-state index contributed by atoms with van der Waals surface area (Å²) >= 11 is 1.33. The Kier molecular flexibility index (Phi) is 5.46. The maximum atomic E-state index is 12.9. The second kappa shape index (κ2) is 8.31. The zero-order valence-corrected chi connectivity index (χ0v) is 20.0. The van der Waals surface area contributed by atoms with E-state index < -0.39 is 5.91 Å². The van der Waals surface area contributed by atoms with Gasteiger partial charge in [0.1, 0.15) is 0 Å². The molecule has 0 saturated carbocycles. The van der Waals surface area contributed by atoms with Gasteiger partial charge >= 0.3 is 0 Å². The molecular weight excluding hydrogens is 436 g/mol. The fourth-order valence-corrected chi connectivity index (χ4v) is 5.33. The molecule has 1 saturated heterocycles. The van der Waals surface area contributed by atoms with Crippen LogP contribution in [0.2, 0.25) is 0 Å². The van der Waals surface area contributed by atoms with Crippen LogP contribution >= 0.6 is 11.8 Å². The van der Waals surface area contributed by atoms with Gasteiger partial charge in [-0.3, -0.25) is 10.2 Å². The highest BCUT2D eigenvalue weighted by atomic mass is 32.2. The second-order valence-electron chi connectivity index (χ2n) is 8.45. The van der Waals surface area contributed by atoms with Gasteiger partial charge in [-0.25, -0.2) is 0 Å². The number of nitrogens with zero attached hydrogens (tertiary/aromatic N) is 5. The minimum atomic E-state index is -0.409. The molecule has 0 atom stereocenters. The molecule has 0 radical (unpaired) electrons. The van der Waals surface area contributed by atoms with Crippen molar-refractivity contribution in [2.45, 2.75) is 27.7 Å². The standard InChI is InChI=1S/C24H26N6O2S/c1-14-5-6-20(15(2)11-14)29-16(3)12-18(17(29)4)13-19-21(25)30-23(26-22(19)31)33-24(27-30)28-7-9-32-10-8-28/h5-6,11-13,25H,7-10H2,1-4H3/b19-13+,25-21?. The van der Waals surface area contributed by atoms with Gasteiger partial charge in [0, 0.05) is 30.2 Å². The molecule has 1 N–H and O–H groups in total. The zero-order chi connectivity index (χ0) is 23.3. The number of aryl methyl sites for hydroxylation is 3. The minimum Gasteiger partial charge on any atom is -0.378 e. The number of rotatable bonds is 2. The van der Waals surface area contributed by atoms with Gasteiger partial charge in [0.2, 0.25) is 5.17 Å². The fourth-order valence-electron chi connectivity index (χ4n) is 4.38. The number of fused-ring (bicyclic) bond motifs is 1. The molecule has 0 aliphatic carbocycles. The van der Waals surface area contributed by atoms with Crippen LogP contribution in [0.3, 0.4) is 0 Å². The molecule has 1 aromatic heterocycles. The fraction of sp³-hybridized carbons (Fsp3) is 0.333. The van der Waals surface area contributed by atoms with Crippen molar-refractivity contribution < 1.29 is 9.53 Å². The van der Waals surface area contributed by atoms with Crippen molar-refractivity contribution in [3.05, 3.63) is 57.9 Å². The number of hydrazone groups is 1. The average Bonchev–Trinajstić information content (AvgIpc) is 3.33. The molecule has 1 amide bonds. The molecule has 0 unspecified atom stereocenters. The van der Waals surface area contributed by atoms with Crippen LogP contribution in [0.4, 0.5) is 0 Å². The van der Waals surface area contributed by atoms with Crippen molar-refractivity contribution in [1.29, 1.82) is 5.41 Å². The Morgan fingerprint density at radius 2 is 1.85 bits per heavy atom. The van der Waals surface area contributed by atoms with E-state index in [0.717, 1.165) is 40.9 Å². The summed E-state index contributed by atoms with van der Waals surface area (Å²) in [5, 5.41) is 15.9. The van der Waals surface area contributed by atoms with E-state index in [2.05, 4.69) is 58.5 Å². The molecule has 0 bridgehead atoms. The SMILES string of the molecule is Cc1ccc(-n2c(C)cc(/C=C3\C(=N)N4N=C(N5CCOCC5)SC4=NC3=O)c2C)c(C)c1. The first-order chi connectivity index (χ1) is 15.8. The van der Waals surface area contributed by atoms with Crippen molar-refractivity contribution in [3.63, 3.8) is 0 Å². The Bertz CT molecular complexity index is 1270. The summed E-state index contributed by atoms with van der Waals surface area (Å²) in [4.78, 5) is 19.2. The molecule has 5 rings (SSSR count). The summed E-state index contributed by atoms with van der Waals surface area (Å²) in [6, 6.07) is 8.43. The molecule has 33 heavy (non-hydrogen) atoms. The summed E-state index contributed by atoms with van der Waals surface area (Å²) in [7, 11) is 0. The van der Waals surface area contributed by atoms with Crippen LogP contribution in [0.15, 0.2) is 39.9 Å². The summed E-state index contributed by atoms with van der Waals surface area (Å²) < 4.78 is 7.60. The highest BCUT2D eigenvalue weighted by Crippen LogP contribution is 2.31. The first-order valence-corrected chi connectivity index (χ1v) is 11.7. The van der Waals surface area contributed by atoms with Crippen LogP contribution in [0.25, 0.3) is 11.8 Å². The van der Waals surface area contributed by atoms with E-state index >= 15 is 0 Å². The smallest absolute Gasteiger partial charge is 0.283 e. The molecule has 1 fully saturated rings. The highest BCUT2D eigenvalue weighted by Gasteiger charge is 2.37. The number of hydrogen-bond acceptors (Lipinski definition) is 6. The number of benzene rings is 1. The molecule has 9 heteroatoms. The topological polar surface area (TPSA) is 86.3 Å². The van der Waals surface area contributed by atoms with Crippen molar-refractivity contribution >= 4 is 39.9 Å². The van der Waals surface area contributed by atoms with Crippen LogP contribution in [-0.2, 0) is 9.53 Å². The van der Waals surface area contributed by atoms with Crippen LogP contribution in [0, 0.1) is 33.1 Å². The molecule has 8 nitrogen and oxygen atoms in total. The molecule has 3 aliphatic heterocycles. The number of nitrogens with one attached hydrogen (secondary N) is 1.